The van der Waals surface area contributed by atoms with Crippen LogP contribution in [0.15, 0.2) is 4.99 Å². The van der Waals surface area contributed by atoms with Gasteiger partial charge in [-0.05, 0) is 34.1 Å². The molecule has 2 atom stereocenters. The normalized spacial score (nSPS) is 23.4. The lowest BCUT2D eigenvalue weighted by Crippen LogP contribution is -2.56. The molecule has 6 heteroatoms. The molecule has 1 rings (SSSR count). The Labute approximate surface area is 159 Å². The van der Waals surface area contributed by atoms with Gasteiger partial charge in [0.05, 0.1) is 18.8 Å². The molecule has 0 saturated carbocycles. The fourth-order valence-electron chi connectivity index (χ4n) is 2.87. The monoisotopic (exact) mass is 440 g/mol. The van der Waals surface area contributed by atoms with Crippen LogP contribution in [0.1, 0.15) is 60.3 Å². The van der Waals surface area contributed by atoms with Crippen molar-refractivity contribution >= 4 is 29.9 Å². The molecule has 0 aliphatic carbocycles. The standard InChI is InChI=1S/C17H36N4O.HI/c1-6-7-8-9-10-19-16(18)20-13-17(4,5)21-11-14(2)22-15(3)12-21;/h14-15H,6-13H2,1-5H3,(H3,18,19,20);1H. The van der Waals surface area contributed by atoms with Crippen LogP contribution in [-0.2, 0) is 4.74 Å². The van der Waals surface area contributed by atoms with Crippen LogP contribution in [0.5, 0.6) is 0 Å². The van der Waals surface area contributed by atoms with E-state index in [0.717, 1.165) is 26.1 Å². The van der Waals surface area contributed by atoms with E-state index in [1.807, 2.05) is 0 Å². The molecule has 0 aromatic rings. The summed E-state index contributed by atoms with van der Waals surface area (Å²) in [7, 11) is 0. The van der Waals surface area contributed by atoms with Gasteiger partial charge in [-0.25, -0.2) is 0 Å². The van der Waals surface area contributed by atoms with Crippen molar-refractivity contribution in [1.82, 2.24) is 10.2 Å². The third-order valence-electron chi connectivity index (χ3n) is 4.25. The molecule has 0 aromatic carbocycles. The van der Waals surface area contributed by atoms with Crippen molar-refractivity contribution < 1.29 is 4.74 Å². The first-order valence-corrected chi connectivity index (χ1v) is 8.79. The second kappa shape index (κ2) is 11.5. The molecule has 138 valence electrons. The van der Waals surface area contributed by atoms with Gasteiger partial charge in [0.15, 0.2) is 5.96 Å². The molecular weight excluding hydrogens is 403 g/mol. The Morgan fingerprint density at radius 2 is 1.83 bits per heavy atom. The highest BCUT2D eigenvalue weighted by molar-refractivity contribution is 14.0. The average molecular weight is 440 g/mol. The lowest BCUT2D eigenvalue weighted by molar-refractivity contribution is -0.0939. The number of aliphatic imine (C=N–C) groups is 1. The van der Waals surface area contributed by atoms with Crippen LogP contribution in [0.4, 0.5) is 0 Å². The van der Waals surface area contributed by atoms with Crippen LogP contribution >= 0.6 is 24.0 Å². The molecule has 1 heterocycles. The first kappa shape index (κ1) is 22.9. The number of unbranched alkanes of at least 4 members (excludes halogenated alkanes) is 3. The second-order valence-corrected chi connectivity index (χ2v) is 7.16. The molecule has 1 aliphatic heterocycles. The quantitative estimate of drug-likeness (QED) is 0.264. The average Bonchev–Trinajstić information content (AvgIpc) is 2.44. The summed E-state index contributed by atoms with van der Waals surface area (Å²) in [5.41, 5.74) is 5.98. The van der Waals surface area contributed by atoms with Crippen LogP contribution in [0.2, 0.25) is 0 Å². The van der Waals surface area contributed by atoms with Gasteiger partial charge in [0.1, 0.15) is 0 Å². The molecule has 1 aliphatic rings. The summed E-state index contributed by atoms with van der Waals surface area (Å²) in [6.45, 7) is 14.5. The number of rotatable bonds is 8. The van der Waals surface area contributed by atoms with Crippen LogP contribution < -0.4 is 11.1 Å². The van der Waals surface area contributed by atoms with Crippen LogP contribution in [0.3, 0.4) is 0 Å². The molecule has 0 spiro atoms. The van der Waals surface area contributed by atoms with Crippen molar-refractivity contribution in [2.24, 2.45) is 10.7 Å². The molecule has 5 nitrogen and oxygen atoms in total. The second-order valence-electron chi connectivity index (χ2n) is 7.16. The van der Waals surface area contributed by atoms with Gasteiger partial charge in [0.2, 0.25) is 0 Å². The Kier molecular flexibility index (Phi) is 11.4. The Morgan fingerprint density at radius 1 is 1.22 bits per heavy atom. The highest BCUT2D eigenvalue weighted by Crippen LogP contribution is 2.21. The van der Waals surface area contributed by atoms with Crippen molar-refractivity contribution in [3.8, 4) is 0 Å². The number of nitrogens with one attached hydrogen (secondary N) is 1. The third kappa shape index (κ3) is 9.10. The highest BCUT2D eigenvalue weighted by atomic mass is 127. The first-order valence-electron chi connectivity index (χ1n) is 8.79. The highest BCUT2D eigenvalue weighted by Gasteiger charge is 2.32. The molecule has 1 saturated heterocycles. The number of halogens is 1. The number of ether oxygens (including phenoxy) is 1. The maximum atomic E-state index is 5.98. The Bertz CT molecular complexity index is 339. The van der Waals surface area contributed by atoms with E-state index in [2.05, 4.69) is 49.8 Å². The molecular formula is C17H37IN4O. The summed E-state index contributed by atoms with van der Waals surface area (Å²) in [4.78, 5) is 7.00. The molecule has 3 N–H and O–H groups in total. The maximum absolute atomic E-state index is 5.98. The summed E-state index contributed by atoms with van der Waals surface area (Å²) in [5.74, 6) is 0.568. The van der Waals surface area contributed by atoms with E-state index < -0.39 is 0 Å². The van der Waals surface area contributed by atoms with Gasteiger partial charge in [-0.2, -0.15) is 0 Å². The number of nitrogens with two attached hydrogens (primary N) is 1. The Morgan fingerprint density at radius 3 is 2.39 bits per heavy atom. The van der Waals surface area contributed by atoms with Gasteiger partial charge in [-0.15, -0.1) is 24.0 Å². The summed E-state index contributed by atoms with van der Waals surface area (Å²) in [6.07, 6.45) is 5.52. The van der Waals surface area contributed by atoms with Crippen molar-refractivity contribution in [2.75, 3.05) is 26.2 Å². The SMILES string of the molecule is CCCCCCNC(N)=NCC(C)(C)N1CC(C)OC(C)C1.I. The number of nitrogens with zero attached hydrogens (tertiary/aromatic N) is 2. The van der Waals surface area contributed by atoms with E-state index in [4.69, 9.17) is 10.5 Å². The Hall–Kier alpha value is -0.0800. The summed E-state index contributed by atoms with van der Waals surface area (Å²) in [5, 5.41) is 3.22. The zero-order valence-electron chi connectivity index (χ0n) is 15.6. The number of hydrogen-bond donors (Lipinski definition) is 2. The van der Waals surface area contributed by atoms with E-state index in [0.29, 0.717) is 12.5 Å². The van der Waals surface area contributed by atoms with E-state index in [1.54, 1.807) is 0 Å². The molecule has 1 fully saturated rings. The third-order valence-corrected chi connectivity index (χ3v) is 4.25. The fraction of sp³-hybridized carbons (Fsp3) is 0.941. The zero-order valence-corrected chi connectivity index (χ0v) is 17.9. The smallest absolute Gasteiger partial charge is 0.188 e. The Balaban J connectivity index is 0.00000484. The van der Waals surface area contributed by atoms with Gasteiger partial charge in [0, 0.05) is 25.2 Å². The maximum Gasteiger partial charge on any atom is 0.188 e. The summed E-state index contributed by atoms with van der Waals surface area (Å²) >= 11 is 0. The van der Waals surface area contributed by atoms with Crippen LogP contribution in [0, 0.1) is 0 Å². The van der Waals surface area contributed by atoms with Crippen molar-refractivity contribution in [2.45, 2.75) is 78.0 Å². The minimum atomic E-state index is 0. The molecule has 0 bridgehead atoms. The first-order chi connectivity index (χ1) is 10.3. The van der Waals surface area contributed by atoms with Crippen LogP contribution in [0.25, 0.3) is 0 Å². The molecule has 0 aromatic heterocycles. The van der Waals surface area contributed by atoms with E-state index in [-0.39, 0.29) is 41.7 Å². The van der Waals surface area contributed by atoms with E-state index in [9.17, 15) is 0 Å². The van der Waals surface area contributed by atoms with Crippen molar-refractivity contribution in [1.29, 1.82) is 0 Å². The number of hydrogen-bond acceptors (Lipinski definition) is 3. The molecule has 0 amide bonds. The minimum absolute atomic E-state index is 0. The molecule has 2 unspecified atom stereocenters. The number of morpholine rings is 1. The van der Waals surface area contributed by atoms with Crippen LogP contribution in [-0.4, -0.2) is 54.8 Å². The molecule has 23 heavy (non-hydrogen) atoms. The fourth-order valence-corrected chi connectivity index (χ4v) is 2.87. The predicted molar refractivity (Wildman–Crippen MR) is 110 cm³/mol. The summed E-state index contributed by atoms with van der Waals surface area (Å²) < 4.78 is 5.81. The van der Waals surface area contributed by atoms with Crippen molar-refractivity contribution in [3.63, 3.8) is 0 Å². The van der Waals surface area contributed by atoms with Gasteiger partial charge in [-0.3, -0.25) is 9.89 Å². The zero-order chi connectivity index (χ0) is 16.6. The number of guanidine groups is 1. The lowest BCUT2D eigenvalue weighted by atomic mass is 10.0. The largest absolute Gasteiger partial charge is 0.373 e. The predicted octanol–water partition coefficient (Wildman–Crippen LogP) is 2.98. The van der Waals surface area contributed by atoms with Gasteiger partial charge >= 0.3 is 0 Å². The minimum Gasteiger partial charge on any atom is -0.373 e. The van der Waals surface area contributed by atoms with Gasteiger partial charge in [-0.1, -0.05) is 26.2 Å². The lowest BCUT2D eigenvalue weighted by Gasteiger charge is -2.44. The van der Waals surface area contributed by atoms with E-state index >= 15 is 0 Å². The summed E-state index contributed by atoms with van der Waals surface area (Å²) in [6, 6.07) is 0. The van der Waals surface area contributed by atoms with Gasteiger partial charge in [0.25, 0.3) is 0 Å². The topological polar surface area (TPSA) is 62.9 Å². The van der Waals surface area contributed by atoms with Crippen molar-refractivity contribution in [3.05, 3.63) is 0 Å². The van der Waals surface area contributed by atoms with E-state index in [1.165, 1.54) is 19.3 Å². The molecule has 0 radical (unpaired) electrons. The van der Waals surface area contributed by atoms with Gasteiger partial charge < -0.3 is 15.8 Å².